The van der Waals surface area contributed by atoms with Crippen molar-refractivity contribution in [2.75, 3.05) is 7.11 Å². The van der Waals surface area contributed by atoms with Crippen molar-refractivity contribution in [3.05, 3.63) is 45.9 Å². The molecule has 5 nitrogen and oxygen atoms in total. The number of aromatic amines is 1. The Kier molecular flexibility index (Phi) is 3.97. The number of hydrogen-bond acceptors (Lipinski definition) is 4. The van der Waals surface area contributed by atoms with Crippen molar-refractivity contribution in [2.24, 2.45) is 5.73 Å². The molecule has 5 heteroatoms. The van der Waals surface area contributed by atoms with Gasteiger partial charge in [-0.3, -0.25) is 4.79 Å². The van der Waals surface area contributed by atoms with Crippen molar-refractivity contribution in [3.63, 3.8) is 0 Å². The van der Waals surface area contributed by atoms with E-state index in [1.807, 2.05) is 18.2 Å². The van der Waals surface area contributed by atoms with E-state index in [1.165, 1.54) is 6.20 Å². The number of benzene rings is 1. The molecule has 3 N–H and O–H groups in total. The summed E-state index contributed by atoms with van der Waals surface area (Å²) in [5.41, 5.74) is 7.65. The summed E-state index contributed by atoms with van der Waals surface area (Å²) >= 11 is 0. The Hall–Kier alpha value is -2.14. The number of H-pyrrole nitrogens is 1. The molecule has 0 radical (unpaired) electrons. The predicted octanol–water partition coefficient (Wildman–Crippen LogP) is 1.47. The Balaban J connectivity index is 2.56. The fourth-order valence-electron chi connectivity index (χ4n) is 1.86. The van der Waals surface area contributed by atoms with E-state index < -0.39 is 0 Å². The van der Waals surface area contributed by atoms with Gasteiger partial charge in [-0.15, -0.1) is 0 Å². The molecule has 0 amide bonds. The molecular formula is C14H17N3O2. The number of nitrogens with one attached hydrogen (secondary N) is 1. The summed E-state index contributed by atoms with van der Waals surface area (Å²) in [4.78, 5) is 18.8. The molecule has 0 aliphatic heterocycles. The second-order valence-corrected chi connectivity index (χ2v) is 4.18. The minimum Gasteiger partial charge on any atom is -0.496 e. The van der Waals surface area contributed by atoms with Crippen LogP contribution in [0.1, 0.15) is 18.1 Å². The van der Waals surface area contributed by atoms with E-state index in [4.69, 9.17) is 10.5 Å². The first kappa shape index (κ1) is 13.3. The number of rotatable bonds is 4. The number of aryl methyl sites for hydroxylation is 1. The second-order valence-electron chi connectivity index (χ2n) is 4.18. The number of nitrogens with zero attached hydrogens (tertiary/aromatic N) is 1. The highest BCUT2D eigenvalue weighted by molar-refractivity contribution is 5.65. The molecule has 0 spiro atoms. The minimum absolute atomic E-state index is 0.175. The zero-order valence-electron chi connectivity index (χ0n) is 11.1. The SMILES string of the molecule is CCc1ccc(OC)c(-c2ncc(CN)c(=O)[nH]2)c1. The van der Waals surface area contributed by atoms with Gasteiger partial charge in [0.25, 0.3) is 5.56 Å². The van der Waals surface area contributed by atoms with Gasteiger partial charge >= 0.3 is 0 Å². The molecule has 1 heterocycles. The van der Waals surface area contributed by atoms with Crippen molar-refractivity contribution in [3.8, 4) is 17.1 Å². The smallest absolute Gasteiger partial charge is 0.255 e. The maximum Gasteiger partial charge on any atom is 0.255 e. The van der Waals surface area contributed by atoms with E-state index in [-0.39, 0.29) is 12.1 Å². The molecule has 0 aliphatic rings. The molecule has 0 aliphatic carbocycles. The first-order valence-electron chi connectivity index (χ1n) is 6.15. The Morgan fingerprint density at radius 2 is 2.21 bits per heavy atom. The zero-order valence-corrected chi connectivity index (χ0v) is 11.1. The maximum absolute atomic E-state index is 11.8. The van der Waals surface area contributed by atoms with Gasteiger partial charge in [0, 0.05) is 18.3 Å². The first-order valence-corrected chi connectivity index (χ1v) is 6.15. The van der Waals surface area contributed by atoms with E-state index in [0.717, 1.165) is 17.5 Å². The van der Waals surface area contributed by atoms with E-state index in [0.29, 0.717) is 17.1 Å². The summed E-state index contributed by atoms with van der Waals surface area (Å²) in [5.74, 6) is 1.18. The molecule has 2 aromatic rings. The van der Waals surface area contributed by atoms with Crippen LogP contribution in [0.15, 0.2) is 29.2 Å². The van der Waals surface area contributed by atoms with Crippen LogP contribution < -0.4 is 16.0 Å². The number of methoxy groups -OCH3 is 1. The van der Waals surface area contributed by atoms with E-state index in [2.05, 4.69) is 16.9 Å². The van der Waals surface area contributed by atoms with Gasteiger partial charge in [0.2, 0.25) is 0 Å². The molecule has 0 bridgehead atoms. The predicted molar refractivity (Wildman–Crippen MR) is 74.1 cm³/mol. The van der Waals surface area contributed by atoms with Crippen LogP contribution in [0.2, 0.25) is 0 Å². The van der Waals surface area contributed by atoms with E-state index in [1.54, 1.807) is 7.11 Å². The standard InChI is InChI=1S/C14H17N3O2/c1-3-9-4-5-12(19-2)11(6-9)13-16-8-10(7-15)14(18)17-13/h4-6,8H,3,7,15H2,1-2H3,(H,16,17,18). The molecule has 19 heavy (non-hydrogen) atoms. The highest BCUT2D eigenvalue weighted by Gasteiger charge is 2.10. The summed E-state index contributed by atoms with van der Waals surface area (Å²) in [7, 11) is 1.59. The monoisotopic (exact) mass is 259 g/mol. The van der Waals surface area contributed by atoms with Gasteiger partial charge in [-0.05, 0) is 24.1 Å². The summed E-state index contributed by atoms with van der Waals surface area (Å²) in [6.45, 7) is 2.24. The third kappa shape index (κ3) is 2.66. The summed E-state index contributed by atoms with van der Waals surface area (Å²) in [6, 6.07) is 5.85. The molecule has 0 unspecified atom stereocenters. The van der Waals surface area contributed by atoms with Crippen LogP contribution in [0.3, 0.4) is 0 Å². The summed E-state index contributed by atoms with van der Waals surface area (Å²) in [5, 5.41) is 0. The Labute approximate surface area is 111 Å². The Bertz CT molecular complexity index is 635. The van der Waals surface area contributed by atoms with Crippen LogP contribution in [-0.4, -0.2) is 17.1 Å². The van der Waals surface area contributed by atoms with E-state index >= 15 is 0 Å². The quantitative estimate of drug-likeness (QED) is 0.871. The van der Waals surface area contributed by atoms with E-state index in [9.17, 15) is 4.79 Å². The third-order valence-corrected chi connectivity index (χ3v) is 3.02. The third-order valence-electron chi connectivity index (χ3n) is 3.02. The van der Waals surface area contributed by atoms with Crippen LogP contribution in [0.25, 0.3) is 11.4 Å². The first-order chi connectivity index (χ1) is 9.19. The van der Waals surface area contributed by atoms with Gasteiger partial charge in [-0.1, -0.05) is 13.0 Å². The molecule has 1 aromatic heterocycles. The second kappa shape index (κ2) is 5.67. The van der Waals surface area contributed by atoms with Crippen molar-refractivity contribution in [1.29, 1.82) is 0 Å². The highest BCUT2D eigenvalue weighted by Crippen LogP contribution is 2.28. The van der Waals surface area contributed by atoms with Gasteiger partial charge in [-0.25, -0.2) is 4.98 Å². The zero-order chi connectivity index (χ0) is 13.8. The summed E-state index contributed by atoms with van der Waals surface area (Å²) in [6.07, 6.45) is 2.41. The average Bonchev–Trinajstić information content (AvgIpc) is 2.46. The van der Waals surface area contributed by atoms with Crippen LogP contribution in [0.4, 0.5) is 0 Å². The lowest BCUT2D eigenvalue weighted by atomic mass is 10.1. The van der Waals surface area contributed by atoms with Crippen LogP contribution in [0, 0.1) is 0 Å². The van der Waals surface area contributed by atoms with Crippen molar-refractivity contribution in [2.45, 2.75) is 19.9 Å². The molecule has 0 saturated heterocycles. The Morgan fingerprint density at radius 1 is 1.42 bits per heavy atom. The lowest BCUT2D eigenvalue weighted by Gasteiger charge is -2.09. The normalized spacial score (nSPS) is 10.5. The molecule has 1 aromatic carbocycles. The topological polar surface area (TPSA) is 81.0 Å². The Morgan fingerprint density at radius 3 is 2.79 bits per heavy atom. The fourth-order valence-corrected chi connectivity index (χ4v) is 1.86. The van der Waals surface area contributed by atoms with Crippen molar-refractivity contribution >= 4 is 0 Å². The highest BCUT2D eigenvalue weighted by atomic mass is 16.5. The van der Waals surface area contributed by atoms with Gasteiger partial charge in [-0.2, -0.15) is 0 Å². The van der Waals surface area contributed by atoms with Crippen LogP contribution in [0.5, 0.6) is 5.75 Å². The number of hydrogen-bond donors (Lipinski definition) is 2. The molecule has 100 valence electrons. The van der Waals surface area contributed by atoms with Crippen molar-refractivity contribution in [1.82, 2.24) is 9.97 Å². The van der Waals surface area contributed by atoms with Crippen LogP contribution in [-0.2, 0) is 13.0 Å². The number of ether oxygens (including phenoxy) is 1. The molecule has 2 rings (SSSR count). The number of aromatic nitrogens is 2. The lowest BCUT2D eigenvalue weighted by molar-refractivity contribution is 0.416. The van der Waals surface area contributed by atoms with Gasteiger partial charge in [0.15, 0.2) is 0 Å². The molecule has 0 saturated carbocycles. The maximum atomic E-state index is 11.8. The molecule has 0 fully saturated rings. The minimum atomic E-state index is -0.212. The molecular weight excluding hydrogens is 242 g/mol. The van der Waals surface area contributed by atoms with Crippen LogP contribution >= 0.6 is 0 Å². The summed E-state index contributed by atoms with van der Waals surface area (Å²) < 4.78 is 5.31. The molecule has 0 atom stereocenters. The fraction of sp³-hybridized carbons (Fsp3) is 0.286. The average molecular weight is 259 g/mol. The lowest BCUT2D eigenvalue weighted by Crippen LogP contribution is -2.17. The van der Waals surface area contributed by atoms with Gasteiger partial charge in [0.1, 0.15) is 11.6 Å². The van der Waals surface area contributed by atoms with Crippen molar-refractivity contribution < 1.29 is 4.74 Å². The largest absolute Gasteiger partial charge is 0.496 e. The van der Waals surface area contributed by atoms with Gasteiger partial charge in [0.05, 0.1) is 12.7 Å². The number of nitrogens with two attached hydrogens (primary N) is 1. The van der Waals surface area contributed by atoms with Gasteiger partial charge < -0.3 is 15.5 Å².